The number of thiophene rings is 1. The summed E-state index contributed by atoms with van der Waals surface area (Å²) in [6.07, 6.45) is 2.39. The molecule has 1 amide bonds. The highest BCUT2D eigenvalue weighted by Crippen LogP contribution is 2.23. The van der Waals surface area contributed by atoms with Crippen molar-refractivity contribution in [2.45, 2.75) is 32.6 Å². The number of unbranched alkanes of at least 4 members (excludes halogenated alkanes) is 2. The Hall–Kier alpha value is -2.21. The van der Waals surface area contributed by atoms with Crippen molar-refractivity contribution in [1.82, 2.24) is 10.3 Å². The highest BCUT2D eigenvalue weighted by Gasteiger charge is 2.11. The van der Waals surface area contributed by atoms with E-state index >= 15 is 0 Å². The van der Waals surface area contributed by atoms with Crippen molar-refractivity contribution in [1.29, 1.82) is 0 Å². The zero-order chi connectivity index (χ0) is 16.7. The summed E-state index contributed by atoms with van der Waals surface area (Å²) in [6.45, 7) is 2.38. The van der Waals surface area contributed by atoms with Crippen molar-refractivity contribution in [3.8, 4) is 10.6 Å². The number of hydrogen-bond acceptors (Lipinski definition) is 4. The van der Waals surface area contributed by atoms with Crippen LogP contribution in [0.5, 0.6) is 0 Å². The fourth-order valence-electron chi connectivity index (χ4n) is 2.24. The molecule has 2 heterocycles. The fourth-order valence-corrected chi connectivity index (χ4v) is 2.93. The van der Waals surface area contributed by atoms with Crippen molar-refractivity contribution < 1.29 is 14.7 Å². The molecule has 0 bridgehead atoms. The maximum Gasteiger partial charge on any atom is 0.303 e. The monoisotopic (exact) mass is 332 g/mol. The van der Waals surface area contributed by atoms with Crippen LogP contribution < -0.4 is 5.32 Å². The Labute approximate surface area is 139 Å². The second-order valence-electron chi connectivity index (χ2n) is 5.27. The molecular formula is C17H20N2O3S. The van der Waals surface area contributed by atoms with Gasteiger partial charge in [0, 0.05) is 13.0 Å². The molecule has 6 heteroatoms. The third-order valence-electron chi connectivity index (χ3n) is 3.46. The van der Waals surface area contributed by atoms with E-state index in [1.165, 1.54) is 0 Å². The van der Waals surface area contributed by atoms with Crippen LogP contribution in [0.15, 0.2) is 29.6 Å². The number of pyridine rings is 1. The molecule has 0 aliphatic rings. The van der Waals surface area contributed by atoms with Gasteiger partial charge in [-0.1, -0.05) is 12.5 Å². The van der Waals surface area contributed by atoms with Gasteiger partial charge < -0.3 is 10.4 Å². The van der Waals surface area contributed by atoms with Crippen LogP contribution in [0.3, 0.4) is 0 Å². The van der Waals surface area contributed by atoms with Gasteiger partial charge in [-0.15, -0.1) is 11.3 Å². The lowest BCUT2D eigenvalue weighted by molar-refractivity contribution is -0.137. The lowest BCUT2D eigenvalue weighted by Gasteiger charge is -2.08. The van der Waals surface area contributed by atoms with Crippen LogP contribution in [0, 0.1) is 6.92 Å². The van der Waals surface area contributed by atoms with Crippen molar-refractivity contribution in [3.63, 3.8) is 0 Å². The number of rotatable bonds is 8. The van der Waals surface area contributed by atoms with Crippen LogP contribution >= 0.6 is 11.3 Å². The van der Waals surface area contributed by atoms with Crippen LogP contribution in [0.4, 0.5) is 0 Å². The highest BCUT2D eigenvalue weighted by molar-refractivity contribution is 7.13. The molecule has 2 aromatic heterocycles. The van der Waals surface area contributed by atoms with E-state index in [9.17, 15) is 9.59 Å². The maximum atomic E-state index is 12.2. The Morgan fingerprint density at radius 3 is 2.70 bits per heavy atom. The standard InChI is InChI=1S/C17H20N2O3S/c1-12-13(8-9-14(19-12)15-6-5-11-23-15)17(22)18-10-4-2-3-7-16(20)21/h5-6,8-9,11H,2-4,7,10H2,1H3,(H,18,22)(H,20,21). The van der Waals surface area contributed by atoms with E-state index in [0.717, 1.165) is 23.4 Å². The zero-order valence-electron chi connectivity index (χ0n) is 13.0. The molecule has 0 saturated heterocycles. The predicted octanol–water partition coefficient (Wildman–Crippen LogP) is 3.49. The minimum Gasteiger partial charge on any atom is -0.481 e. The van der Waals surface area contributed by atoms with Gasteiger partial charge >= 0.3 is 5.97 Å². The van der Waals surface area contributed by atoms with Crippen LogP contribution in [0.1, 0.15) is 41.7 Å². The molecule has 0 aliphatic heterocycles. The van der Waals surface area contributed by atoms with Crippen LogP contribution in [-0.2, 0) is 4.79 Å². The molecule has 5 nitrogen and oxygen atoms in total. The molecule has 0 atom stereocenters. The summed E-state index contributed by atoms with van der Waals surface area (Å²) in [6, 6.07) is 7.64. The van der Waals surface area contributed by atoms with Gasteiger partial charge in [0.2, 0.25) is 0 Å². The minimum absolute atomic E-state index is 0.133. The van der Waals surface area contributed by atoms with Gasteiger partial charge in [-0.05, 0) is 43.3 Å². The number of carboxylic acids is 1. The van der Waals surface area contributed by atoms with Crippen molar-refractivity contribution in [2.75, 3.05) is 6.54 Å². The number of amides is 1. The van der Waals surface area contributed by atoms with Gasteiger partial charge in [-0.2, -0.15) is 0 Å². The number of hydrogen-bond donors (Lipinski definition) is 2. The second-order valence-corrected chi connectivity index (χ2v) is 6.21. The molecule has 122 valence electrons. The third kappa shape index (κ3) is 5.17. The van der Waals surface area contributed by atoms with Gasteiger partial charge in [0.1, 0.15) is 0 Å². The van der Waals surface area contributed by atoms with Gasteiger partial charge in [0.15, 0.2) is 0 Å². The number of carbonyl (C=O) groups excluding carboxylic acids is 1. The van der Waals surface area contributed by atoms with E-state index in [1.807, 2.05) is 30.5 Å². The van der Waals surface area contributed by atoms with E-state index in [1.54, 1.807) is 17.4 Å². The Morgan fingerprint density at radius 1 is 1.22 bits per heavy atom. The third-order valence-corrected chi connectivity index (χ3v) is 4.35. The van der Waals surface area contributed by atoms with Gasteiger partial charge in [-0.3, -0.25) is 14.6 Å². The first-order valence-electron chi connectivity index (χ1n) is 7.59. The van der Waals surface area contributed by atoms with Crippen molar-refractivity contribution in [2.24, 2.45) is 0 Å². The largest absolute Gasteiger partial charge is 0.481 e. The number of aryl methyl sites for hydroxylation is 1. The number of carbonyl (C=O) groups is 2. The first-order valence-corrected chi connectivity index (χ1v) is 8.47. The molecule has 0 aliphatic carbocycles. The van der Waals surface area contributed by atoms with E-state index in [-0.39, 0.29) is 12.3 Å². The highest BCUT2D eigenvalue weighted by atomic mass is 32.1. The van der Waals surface area contributed by atoms with E-state index in [4.69, 9.17) is 5.11 Å². The Balaban J connectivity index is 1.84. The normalized spacial score (nSPS) is 10.5. The Kier molecular flexibility index (Phi) is 6.29. The molecule has 23 heavy (non-hydrogen) atoms. The average Bonchev–Trinajstić information content (AvgIpc) is 3.04. The molecule has 0 aromatic carbocycles. The molecular weight excluding hydrogens is 312 g/mol. The number of nitrogens with one attached hydrogen (secondary N) is 1. The molecule has 2 N–H and O–H groups in total. The Bertz CT molecular complexity index is 668. The average molecular weight is 332 g/mol. The topological polar surface area (TPSA) is 79.3 Å². The van der Waals surface area contributed by atoms with Crippen LogP contribution in [0.25, 0.3) is 10.6 Å². The van der Waals surface area contributed by atoms with Crippen molar-refractivity contribution >= 4 is 23.2 Å². The number of aliphatic carboxylic acids is 1. The fraction of sp³-hybridized carbons (Fsp3) is 0.353. The molecule has 0 spiro atoms. The molecule has 2 aromatic rings. The molecule has 0 saturated carbocycles. The first-order chi connectivity index (χ1) is 11.1. The SMILES string of the molecule is Cc1nc(-c2cccs2)ccc1C(=O)NCCCCCC(=O)O. The molecule has 2 rings (SSSR count). The van der Waals surface area contributed by atoms with E-state index < -0.39 is 5.97 Å². The summed E-state index contributed by atoms with van der Waals surface area (Å²) in [7, 11) is 0. The summed E-state index contributed by atoms with van der Waals surface area (Å²) in [5, 5.41) is 13.4. The lowest BCUT2D eigenvalue weighted by Crippen LogP contribution is -2.25. The minimum atomic E-state index is -0.776. The smallest absolute Gasteiger partial charge is 0.303 e. The summed E-state index contributed by atoms with van der Waals surface area (Å²) >= 11 is 1.62. The molecule has 0 unspecified atom stereocenters. The predicted molar refractivity (Wildman–Crippen MR) is 90.7 cm³/mol. The summed E-state index contributed by atoms with van der Waals surface area (Å²) < 4.78 is 0. The number of carboxylic acid groups (broad SMARTS) is 1. The van der Waals surface area contributed by atoms with E-state index in [2.05, 4.69) is 10.3 Å². The molecule has 0 fully saturated rings. The lowest BCUT2D eigenvalue weighted by atomic mass is 10.1. The van der Waals surface area contributed by atoms with Gasteiger partial charge in [-0.25, -0.2) is 0 Å². The Morgan fingerprint density at radius 2 is 2.04 bits per heavy atom. The van der Waals surface area contributed by atoms with Crippen LogP contribution in [-0.4, -0.2) is 28.5 Å². The number of nitrogens with zero attached hydrogens (tertiary/aromatic N) is 1. The maximum absolute atomic E-state index is 12.2. The van der Waals surface area contributed by atoms with E-state index in [0.29, 0.717) is 24.2 Å². The summed E-state index contributed by atoms with van der Waals surface area (Å²) in [4.78, 5) is 28.1. The summed E-state index contributed by atoms with van der Waals surface area (Å²) in [5.41, 5.74) is 2.16. The van der Waals surface area contributed by atoms with Gasteiger partial charge in [0.05, 0.1) is 21.8 Å². The molecule has 0 radical (unpaired) electrons. The zero-order valence-corrected chi connectivity index (χ0v) is 13.9. The quantitative estimate of drug-likeness (QED) is 0.725. The van der Waals surface area contributed by atoms with Gasteiger partial charge in [0.25, 0.3) is 5.91 Å². The first kappa shape index (κ1) is 17.1. The van der Waals surface area contributed by atoms with Crippen LogP contribution in [0.2, 0.25) is 0 Å². The second kappa shape index (κ2) is 8.43. The number of aromatic nitrogens is 1. The van der Waals surface area contributed by atoms with Crippen molar-refractivity contribution in [3.05, 3.63) is 40.9 Å². The summed E-state index contributed by atoms with van der Waals surface area (Å²) in [5.74, 6) is -0.910.